The summed E-state index contributed by atoms with van der Waals surface area (Å²) < 4.78 is 0. The Morgan fingerprint density at radius 3 is 2.87 bits per heavy atom. The van der Waals surface area contributed by atoms with Crippen LogP contribution in [0.25, 0.3) is 0 Å². The zero-order chi connectivity index (χ0) is 10.7. The minimum atomic E-state index is 0.322. The van der Waals surface area contributed by atoms with Gasteiger partial charge in [-0.05, 0) is 38.9 Å². The Kier molecular flexibility index (Phi) is 3.59. The van der Waals surface area contributed by atoms with Gasteiger partial charge in [-0.3, -0.25) is 10.3 Å². The highest BCUT2D eigenvalue weighted by molar-refractivity contribution is 5.76. The Bertz CT molecular complexity index is 229. The van der Waals surface area contributed by atoms with Gasteiger partial charge in [-0.2, -0.15) is 0 Å². The average Bonchev–Trinajstić information content (AvgIpc) is 2.53. The van der Waals surface area contributed by atoms with Crippen LogP contribution in [-0.2, 0) is 0 Å². The predicted molar refractivity (Wildman–Crippen MR) is 62.2 cm³/mol. The van der Waals surface area contributed by atoms with E-state index in [1.165, 1.54) is 45.4 Å². The average molecular weight is 210 g/mol. The first-order valence-electron chi connectivity index (χ1n) is 6.05. The second-order valence-corrected chi connectivity index (χ2v) is 4.76. The van der Waals surface area contributed by atoms with Crippen molar-refractivity contribution in [1.82, 2.24) is 9.80 Å². The van der Waals surface area contributed by atoms with Crippen molar-refractivity contribution in [3.63, 3.8) is 0 Å². The van der Waals surface area contributed by atoms with Crippen molar-refractivity contribution in [1.29, 1.82) is 5.41 Å². The number of amidine groups is 1. The summed E-state index contributed by atoms with van der Waals surface area (Å²) in [6, 6.07) is 0.777. The quantitative estimate of drug-likeness (QED) is 0.526. The van der Waals surface area contributed by atoms with Crippen molar-refractivity contribution in [3.8, 4) is 0 Å². The Labute approximate surface area is 91.9 Å². The van der Waals surface area contributed by atoms with Crippen molar-refractivity contribution in [2.45, 2.75) is 31.7 Å². The standard InChI is InChI=1S/C11H22N4/c12-11(13)4-8-14-5-2-7-15-6-1-3-10(15)9-14/h10H,1-9H2,(H3,12,13). The molecule has 1 atom stereocenters. The van der Waals surface area contributed by atoms with Crippen LogP contribution in [0.5, 0.6) is 0 Å². The molecule has 4 heteroatoms. The highest BCUT2D eigenvalue weighted by Crippen LogP contribution is 2.21. The summed E-state index contributed by atoms with van der Waals surface area (Å²) in [5, 5.41) is 7.26. The van der Waals surface area contributed by atoms with Crippen LogP contribution < -0.4 is 5.73 Å². The lowest BCUT2D eigenvalue weighted by Gasteiger charge is -2.25. The third-order valence-corrected chi connectivity index (χ3v) is 3.59. The van der Waals surface area contributed by atoms with Crippen molar-refractivity contribution >= 4 is 5.84 Å². The Balaban J connectivity index is 1.82. The van der Waals surface area contributed by atoms with Crippen LogP contribution in [0.4, 0.5) is 0 Å². The normalized spacial score (nSPS) is 28.7. The van der Waals surface area contributed by atoms with E-state index in [9.17, 15) is 0 Å². The first kappa shape index (κ1) is 10.9. The Morgan fingerprint density at radius 2 is 2.07 bits per heavy atom. The smallest absolute Gasteiger partial charge is 0.0918 e. The Hall–Kier alpha value is -0.610. The zero-order valence-corrected chi connectivity index (χ0v) is 9.41. The van der Waals surface area contributed by atoms with Gasteiger partial charge < -0.3 is 10.6 Å². The molecule has 4 nitrogen and oxygen atoms in total. The predicted octanol–water partition coefficient (Wildman–Crippen LogP) is 0.483. The van der Waals surface area contributed by atoms with Crippen LogP contribution >= 0.6 is 0 Å². The number of nitrogens with zero attached hydrogens (tertiary/aromatic N) is 2. The summed E-state index contributed by atoms with van der Waals surface area (Å²) in [6.45, 7) is 5.90. The molecule has 0 aromatic rings. The lowest BCUT2D eigenvalue weighted by atomic mass is 10.2. The first-order valence-corrected chi connectivity index (χ1v) is 6.05. The van der Waals surface area contributed by atoms with Crippen LogP contribution in [0.2, 0.25) is 0 Å². The van der Waals surface area contributed by atoms with E-state index < -0.39 is 0 Å². The van der Waals surface area contributed by atoms with Gasteiger partial charge in [0.15, 0.2) is 0 Å². The minimum absolute atomic E-state index is 0.322. The van der Waals surface area contributed by atoms with Gasteiger partial charge in [-0.25, -0.2) is 0 Å². The van der Waals surface area contributed by atoms with E-state index in [4.69, 9.17) is 11.1 Å². The number of nitrogens with two attached hydrogens (primary N) is 1. The molecule has 2 heterocycles. The maximum Gasteiger partial charge on any atom is 0.0918 e. The molecule has 1 unspecified atom stereocenters. The first-order chi connectivity index (χ1) is 7.25. The Morgan fingerprint density at radius 1 is 1.27 bits per heavy atom. The van der Waals surface area contributed by atoms with Crippen molar-refractivity contribution in [3.05, 3.63) is 0 Å². The summed E-state index contributed by atoms with van der Waals surface area (Å²) in [7, 11) is 0. The fraction of sp³-hybridized carbons (Fsp3) is 0.909. The molecular formula is C11H22N4. The molecule has 0 spiro atoms. The van der Waals surface area contributed by atoms with E-state index in [0.29, 0.717) is 5.84 Å². The van der Waals surface area contributed by atoms with Gasteiger partial charge in [0, 0.05) is 25.6 Å². The van der Waals surface area contributed by atoms with E-state index in [1.807, 2.05) is 0 Å². The maximum absolute atomic E-state index is 7.26. The molecule has 2 fully saturated rings. The van der Waals surface area contributed by atoms with E-state index in [0.717, 1.165) is 19.0 Å². The molecule has 0 aromatic carbocycles. The fourth-order valence-electron chi connectivity index (χ4n) is 2.76. The fourth-order valence-corrected chi connectivity index (χ4v) is 2.76. The SMILES string of the molecule is N=C(N)CCN1CCCN2CCCC2C1. The van der Waals surface area contributed by atoms with Crippen molar-refractivity contribution < 1.29 is 0 Å². The molecule has 15 heavy (non-hydrogen) atoms. The third-order valence-electron chi connectivity index (χ3n) is 3.59. The van der Waals surface area contributed by atoms with E-state index in [2.05, 4.69) is 9.80 Å². The van der Waals surface area contributed by atoms with Crippen molar-refractivity contribution in [2.75, 3.05) is 32.7 Å². The summed E-state index contributed by atoms with van der Waals surface area (Å²) in [4.78, 5) is 5.12. The van der Waals surface area contributed by atoms with Crippen LogP contribution in [0.3, 0.4) is 0 Å². The van der Waals surface area contributed by atoms with Crippen molar-refractivity contribution in [2.24, 2.45) is 5.73 Å². The van der Waals surface area contributed by atoms with Gasteiger partial charge >= 0.3 is 0 Å². The monoisotopic (exact) mass is 210 g/mol. The number of fused-ring (bicyclic) bond motifs is 1. The van der Waals surface area contributed by atoms with E-state index in [1.54, 1.807) is 0 Å². The summed E-state index contributed by atoms with van der Waals surface area (Å²) in [5.41, 5.74) is 5.40. The number of hydrogen-bond donors (Lipinski definition) is 2. The maximum atomic E-state index is 7.26. The molecule has 0 amide bonds. The van der Waals surface area contributed by atoms with Gasteiger partial charge in [0.25, 0.3) is 0 Å². The highest BCUT2D eigenvalue weighted by Gasteiger charge is 2.28. The van der Waals surface area contributed by atoms with Gasteiger partial charge in [-0.1, -0.05) is 0 Å². The molecule has 0 bridgehead atoms. The molecule has 2 aliphatic heterocycles. The molecule has 0 aromatic heterocycles. The number of rotatable bonds is 3. The van der Waals surface area contributed by atoms with Gasteiger partial charge in [-0.15, -0.1) is 0 Å². The molecular weight excluding hydrogens is 188 g/mol. The minimum Gasteiger partial charge on any atom is -0.388 e. The zero-order valence-electron chi connectivity index (χ0n) is 9.41. The van der Waals surface area contributed by atoms with Gasteiger partial charge in [0.1, 0.15) is 0 Å². The van der Waals surface area contributed by atoms with Crippen LogP contribution in [0.1, 0.15) is 25.7 Å². The second kappa shape index (κ2) is 4.94. The summed E-state index contributed by atoms with van der Waals surface area (Å²) >= 11 is 0. The molecule has 2 saturated heterocycles. The molecule has 0 aliphatic carbocycles. The lowest BCUT2D eigenvalue weighted by molar-refractivity contribution is 0.223. The number of nitrogens with one attached hydrogen (secondary N) is 1. The molecule has 2 aliphatic rings. The molecule has 0 saturated carbocycles. The molecule has 3 N–H and O–H groups in total. The summed E-state index contributed by atoms with van der Waals surface area (Å²) in [6.07, 6.45) is 4.73. The highest BCUT2D eigenvalue weighted by atomic mass is 15.3. The molecule has 0 radical (unpaired) electrons. The lowest BCUT2D eigenvalue weighted by Crippen LogP contribution is -2.37. The van der Waals surface area contributed by atoms with Crippen LogP contribution in [0, 0.1) is 5.41 Å². The third kappa shape index (κ3) is 2.92. The molecule has 2 rings (SSSR count). The van der Waals surface area contributed by atoms with Gasteiger partial charge in [0.05, 0.1) is 5.84 Å². The summed E-state index contributed by atoms with van der Waals surface area (Å²) in [5.74, 6) is 0.322. The van der Waals surface area contributed by atoms with E-state index >= 15 is 0 Å². The topological polar surface area (TPSA) is 56.4 Å². The van der Waals surface area contributed by atoms with E-state index in [-0.39, 0.29) is 0 Å². The van der Waals surface area contributed by atoms with Crippen LogP contribution in [0.15, 0.2) is 0 Å². The second-order valence-electron chi connectivity index (χ2n) is 4.76. The number of hydrogen-bond acceptors (Lipinski definition) is 3. The van der Waals surface area contributed by atoms with Crippen LogP contribution in [-0.4, -0.2) is 54.4 Å². The van der Waals surface area contributed by atoms with Gasteiger partial charge in [0.2, 0.25) is 0 Å². The largest absolute Gasteiger partial charge is 0.388 e. The molecule has 86 valence electrons.